The van der Waals surface area contributed by atoms with Crippen LogP contribution < -0.4 is 20.7 Å². The molecule has 1 aliphatic rings. The van der Waals surface area contributed by atoms with Gasteiger partial charge in [-0.1, -0.05) is 0 Å². The molecule has 0 spiro atoms. The van der Waals surface area contributed by atoms with Gasteiger partial charge in [0.1, 0.15) is 17.5 Å². The fourth-order valence-electron chi connectivity index (χ4n) is 3.79. The third-order valence-electron chi connectivity index (χ3n) is 5.52. The van der Waals surface area contributed by atoms with Gasteiger partial charge in [0.2, 0.25) is 11.9 Å². The average Bonchev–Trinajstić information content (AvgIpc) is 3.29. The van der Waals surface area contributed by atoms with Crippen LogP contribution in [0.1, 0.15) is 23.3 Å². The van der Waals surface area contributed by atoms with E-state index in [1.807, 2.05) is 24.3 Å². The van der Waals surface area contributed by atoms with Gasteiger partial charge in [-0.2, -0.15) is 0 Å². The second kappa shape index (κ2) is 9.18. The summed E-state index contributed by atoms with van der Waals surface area (Å²) in [5, 5.41) is 9.53. The number of nitrogens with zero attached hydrogens (tertiary/aromatic N) is 3. The van der Waals surface area contributed by atoms with Crippen LogP contribution in [0.3, 0.4) is 0 Å². The number of piperidine rings is 1. The summed E-state index contributed by atoms with van der Waals surface area (Å²) in [7, 11) is 1.59. The fraction of sp³-hybridized carbons (Fsp3) is 0.208. The van der Waals surface area contributed by atoms with E-state index >= 15 is 0 Å². The molecule has 1 saturated heterocycles. The first kappa shape index (κ1) is 21.4. The van der Waals surface area contributed by atoms with Crippen LogP contribution in [0, 0.1) is 0 Å². The van der Waals surface area contributed by atoms with Crippen LogP contribution in [-0.4, -0.2) is 51.4 Å². The Labute approximate surface area is 195 Å². The largest absolute Gasteiger partial charge is 0.488 e. The van der Waals surface area contributed by atoms with Crippen molar-refractivity contribution in [3.05, 3.63) is 60.6 Å². The first-order valence-electron chi connectivity index (χ1n) is 10.9. The molecular weight excluding hydrogens is 434 g/mol. The van der Waals surface area contributed by atoms with Gasteiger partial charge in [-0.15, -0.1) is 0 Å². The highest BCUT2D eigenvalue weighted by Crippen LogP contribution is 2.25. The quantitative estimate of drug-likeness (QED) is 0.350. The number of hydrogen-bond donors (Lipinski definition) is 4. The molecule has 0 bridgehead atoms. The molecular formula is C24H23N7O3. The highest BCUT2D eigenvalue weighted by Gasteiger charge is 2.19. The van der Waals surface area contributed by atoms with Crippen molar-refractivity contribution < 1.29 is 14.3 Å². The Morgan fingerprint density at radius 3 is 2.79 bits per heavy atom. The third-order valence-corrected chi connectivity index (χ3v) is 5.52. The molecule has 3 aromatic heterocycles. The van der Waals surface area contributed by atoms with Gasteiger partial charge in [0.15, 0.2) is 0 Å². The van der Waals surface area contributed by atoms with Crippen molar-refractivity contribution in [1.82, 2.24) is 30.6 Å². The number of carbonyl (C=O) groups excluding carboxylic acids is 2. The molecule has 1 fully saturated rings. The van der Waals surface area contributed by atoms with Crippen molar-refractivity contribution >= 4 is 34.4 Å². The molecule has 0 radical (unpaired) electrons. The normalized spacial score (nSPS) is 15.6. The van der Waals surface area contributed by atoms with Crippen LogP contribution >= 0.6 is 0 Å². The summed E-state index contributed by atoms with van der Waals surface area (Å²) in [5.41, 5.74) is 3.44. The first-order valence-corrected chi connectivity index (χ1v) is 10.9. The number of ether oxygens (including phenoxy) is 1. The summed E-state index contributed by atoms with van der Waals surface area (Å²) >= 11 is 0. The zero-order chi connectivity index (χ0) is 23.5. The maximum absolute atomic E-state index is 11.9. The summed E-state index contributed by atoms with van der Waals surface area (Å²) in [4.78, 5) is 39.6. The van der Waals surface area contributed by atoms with E-state index in [-0.39, 0.29) is 17.9 Å². The van der Waals surface area contributed by atoms with Crippen LogP contribution in [0.15, 0.2) is 54.9 Å². The van der Waals surface area contributed by atoms with Gasteiger partial charge >= 0.3 is 0 Å². The molecule has 1 aliphatic heterocycles. The number of fused-ring (bicyclic) bond motifs is 1. The molecule has 10 nitrogen and oxygen atoms in total. The van der Waals surface area contributed by atoms with E-state index in [0.29, 0.717) is 48.2 Å². The first-order chi connectivity index (χ1) is 16.6. The Hall–Kier alpha value is -4.47. The Morgan fingerprint density at radius 1 is 1.09 bits per heavy atom. The number of hydrogen-bond acceptors (Lipinski definition) is 7. The van der Waals surface area contributed by atoms with E-state index in [4.69, 9.17) is 4.74 Å². The van der Waals surface area contributed by atoms with Crippen molar-refractivity contribution in [1.29, 1.82) is 0 Å². The lowest BCUT2D eigenvalue weighted by molar-refractivity contribution is -0.123. The van der Waals surface area contributed by atoms with Gasteiger partial charge in [0.05, 0.1) is 17.9 Å². The summed E-state index contributed by atoms with van der Waals surface area (Å²) in [6.45, 7) is 0.494. The Bertz CT molecular complexity index is 1360. The number of aromatic amines is 1. The van der Waals surface area contributed by atoms with E-state index < -0.39 is 0 Å². The van der Waals surface area contributed by atoms with Gasteiger partial charge in [-0.25, -0.2) is 9.97 Å². The number of benzene rings is 1. The molecule has 4 aromatic rings. The lowest BCUT2D eigenvalue weighted by Gasteiger charge is -2.23. The van der Waals surface area contributed by atoms with Gasteiger partial charge in [0, 0.05) is 48.5 Å². The van der Waals surface area contributed by atoms with Crippen molar-refractivity contribution in [3.8, 4) is 17.1 Å². The molecule has 0 aliphatic carbocycles. The van der Waals surface area contributed by atoms with Crippen LogP contribution in [0.4, 0.5) is 11.6 Å². The standard InChI is InChI=1S/C24H23N7O3/c1-25-23(33)21-11-14-10-15(2-4-18(14)30-21)29-24-27-9-7-19(31-24)20-12-16(6-8-26-20)34-17-3-5-22(32)28-13-17/h2,4,6-12,17,30H,3,5,13H2,1H3,(H,25,33)(H,28,32)(H,27,29,31). The molecule has 2 amide bonds. The SMILES string of the molecule is CNC(=O)c1cc2cc(Nc3nccc(-c4cc(OC5CCC(=O)NC5)ccn4)n3)ccc2[nH]1. The van der Waals surface area contributed by atoms with E-state index in [1.165, 1.54) is 0 Å². The van der Waals surface area contributed by atoms with Crippen molar-refractivity contribution in [2.24, 2.45) is 0 Å². The number of carbonyl (C=O) groups is 2. The molecule has 172 valence electrons. The predicted octanol–water partition coefficient (Wildman–Crippen LogP) is 2.78. The molecule has 4 heterocycles. The lowest BCUT2D eigenvalue weighted by atomic mass is 10.1. The number of aromatic nitrogens is 4. The Morgan fingerprint density at radius 2 is 1.97 bits per heavy atom. The summed E-state index contributed by atoms with van der Waals surface area (Å²) in [6, 6.07) is 12.9. The van der Waals surface area contributed by atoms with Crippen molar-refractivity contribution in [3.63, 3.8) is 0 Å². The Balaban J connectivity index is 1.33. The molecule has 1 aromatic carbocycles. The molecule has 10 heteroatoms. The molecule has 34 heavy (non-hydrogen) atoms. The number of pyridine rings is 1. The van der Waals surface area contributed by atoms with Crippen molar-refractivity contribution in [2.75, 3.05) is 18.9 Å². The van der Waals surface area contributed by atoms with Crippen LogP contribution in [0.25, 0.3) is 22.3 Å². The second-order valence-corrected chi connectivity index (χ2v) is 7.91. The maximum Gasteiger partial charge on any atom is 0.267 e. The summed E-state index contributed by atoms with van der Waals surface area (Å²) in [6.07, 6.45) is 4.41. The minimum atomic E-state index is -0.173. The number of nitrogens with one attached hydrogen (secondary N) is 4. The average molecular weight is 457 g/mol. The molecule has 5 rings (SSSR count). The van der Waals surface area contributed by atoms with E-state index in [1.54, 1.807) is 37.6 Å². The monoisotopic (exact) mass is 457 g/mol. The molecule has 0 saturated carbocycles. The van der Waals surface area contributed by atoms with E-state index in [9.17, 15) is 9.59 Å². The van der Waals surface area contributed by atoms with Crippen molar-refractivity contribution in [2.45, 2.75) is 18.9 Å². The number of amides is 2. The van der Waals surface area contributed by atoms with Gasteiger partial charge in [0.25, 0.3) is 5.91 Å². The van der Waals surface area contributed by atoms with Gasteiger partial charge in [-0.3, -0.25) is 14.6 Å². The predicted molar refractivity (Wildman–Crippen MR) is 127 cm³/mol. The maximum atomic E-state index is 11.9. The summed E-state index contributed by atoms with van der Waals surface area (Å²) in [5.74, 6) is 0.971. The topological polar surface area (TPSA) is 134 Å². The zero-order valence-corrected chi connectivity index (χ0v) is 18.5. The van der Waals surface area contributed by atoms with Gasteiger partial charge in [-0.05, 0) is 42.8 Å². The molecule has 1 atom stereocenters. The number of rotatable bonds is 6. The van der Waals surface area contributed by atoms with Gasteiger partial charge < -0.3 is 25.7 Å². The second-order valence-electron chi connectivity index (χ2n) is 7.91. The van der Waals surface area contributed by atoms with E-state index in [0.717, 1.165) is 16.6 Å². The van der Waals surface area contributed by atoms with Crippen LogP contribution in [0.2, 0.25) is 0 Å². The number of H-pyrrole nitrogens is 1. The molecule has 4 N–H and O–H groups in total. The minimum absolute atomic E-state index is 0.0545. The fourth-order valence-corrected chi connectivity index (χ4v) is 3.79. The van der Waals surface area contributed by atoms with Crippen LogP contribution in [-0.2, 0) is 4.79 Å². The lowest BCUT2D eigenvalue weighted by Crippen LogP contribution is -2.40. The smallest absolute Gasteiger partial charge is 0.267 e. The highest BCUT2D eigenvalue weighted by molar-refractivity contribution is 5.98. The Kier molecular flexibility index (Phi) is 5.77. The minimum Gasteiger partial charge on any atom is -0.488 e. The molecule has 1 unspecified atom stereocenters. The van der Waals surface area contributed by atoms with E-state index in [2.05, 4.69) is 35.9 Å². The third kappa shape index (κ3) is 4.65. The summed E-state index contributed by atoms with van der Waals surface area (Å²) < 4.78 is 6.01. The zero-order valence-electron chi connectivity index (χ0n) is 18.5. The number of anilines is 2. The van der Waals surface area contributed by atoms with Crippen LogP contribution in [0.5, 0.6) is 5.75 Å². The highest BCUT2D eigenvalue weighted by atomic mass is 16.5.